The molecule has 110 valence electrons. The van der Waals surface area contributed by atoms with E-state index in [1.807, 2.05) is 13.8 Å². The van der Waals surface area contributed by atoms with Crippen molar-refractivity contribution in [2.75, 3.05) is 6.54 Å². The highest BCUT2D eigenvalue weighted by atomic mass is 79.9. The van der Waals surface area contributed by atoms with Crippen LogP contribution in [0.3, 0.4) is 0 Å². The first kappa shape index (κ1) is 16.4. The number of carbonyl (C=O) groups excluding carboxylic acids is 1. The van der Waals surface area contributed by atoms with Crippen molar-refractivity contribution in [3.8, 4) is 0 Å². The van der Waals surface area contributed by atoms with E-state index in [1.165, 1.54) is 17.0 Å². The maximum absolute atomic E-state index is 13.8. The van der Waals surface area contributed by atoms with E-state index in [0.29, 0.717) is 4.47 Å². The summed E-state index contributed by atoms with van der Waals surface area (Å²) in [7, 11) is 0. The zero-order chi connectivity index (χ0) is 15.3. The molecule has 5 nitrogen and oxygen atoms in total. The van der Waals surface area contributed by atoms with Crippen LogP contribution in [0, 0.1) is 5.82 Å². The molecule has 0 aliphatic rings. The number of rotatable bonds is 5. The third-order valence-corrected chi connectivity index (χ3v) is 3.46. The van der Waals surface area contributed by atoms with Gasteiger partial charge in [-0.15, -0.1) is 0 Å². The molecule has 0 bridgehead atoms. The van der Waals surface area contributed by atoms with Gasteiger partial charge in [0.05, 0.1) is 5.56 Å². The number of amidine groups is 1. The predicted molar refractivity (Wildman–Crippen MR) is 78.3 cm³/mol. The van der Waals surface area contributed by atoms with Crippen LogP contribution in [0.4, 0.5) is 4.39 Å². The minimum Gasteiger partial charge on any atom is -0.409 e. The van der Waals surface area contributed by atoms with Crippen LogP contribution in [0.25, 0.3) is 0 Å². The van der Waals surface area contributed by atoms with Gasteiger partial charge >= 0.3 is 0 Å². The molecular formula is C13H17BrFN3O2. The molecule has 0 unspecified atom stereocenters. The lowest BCUT2D eigenvalue weighted by molar-refractivity contribution is 0.0705. The topological polar surface area (TPSA) is 78.9 Å². The van der Waals surface area contributed by atoms with E-state index in [4.69, 9.17) is 10.9 Å². The standard InChI is InChI=1S/C13H17BrFN3O2/c1-8(2)18(7-6-11(16)17-20)13(19)12-9(14)4-3-5-10(12)15/h3-5,8,20H,6-7H2,1-2H3,(H2,16,17). The van der Waals surface area contributed by atoms with E-state index in [1.54, 1.807) is 6.07 Å². The lowest BCUT2D eigenvalue weighted by Crippen LogP contribution is -2.39. The molecule has 0 atom stereocenters. The van der Waals surface area contributed by atoms with E-state index in [-0.39, 0.29) is 30.4 Å². The number of hydrogen-bond acceptors (Lipinski definition) is 3. The largest absolute Gasteiger partial charge is 0.409 e. The molecule has 0 saturated heterocycles. The molecule has 7 heteroatoms. The number of amides is 1. The Bertz CT molecular complexity index is 500. The average molecular weight is 346 g/mol. The van der Waals surface area contributed by atoms with Gasteiger partial charge in [-0.1, -0.05) is 11.2 Å². The zero-order valence-corrected chi connectivity index (χ0v) is 12.9. The van der Waals surface area contributed by atoms with Crippen molar-refractivity contribution in [1.82, 2.24) is 4.90 Å². The van der Waals surface area contributed by atoms with Crippen molar-refractivity contribution in [2.45, 2.75) is 26.3 Å². The predicted octanol–water partition coefficient (Wildman–Crippen LogP) is 2.58. The Balaban J connectivity index is 3.00. The summed E-state index contributed by atoms with van der Waals surface area (Å²) in [6.07, 6.45) is 0.215. The highest BCUT2D eigenvalue weighted by Crippen LogP contribution is 2.22. The summed E-state index contributed by atoms with van der Waals surface area (Å²) in [6, 6.07) is 4.23. The van der Waals surface area contributed by atoms with Crippen LogP contribution in [-0.2, 0) is 0 Å². The monoisotopic (exact) mass is 345 g/mol. The summed E-state index contributed by atoms with van der Waals surface area (Å²) in [4.78, 5) is 13.9. The molecular weight excluding hydrogens is 329 g/mol. The van der Waals surface area contributed by atoms with Gasteiger partial charge in [-0.3, -0.25) is 4.79 Å². The second kappa shape index (κ2) is 7.23. The second-order valence-corrected chi connectivity index (χ2v) is 5.38. The Labute approximate surface area is 125 Å². The summed E-state index contributed by atoms with van der Waals surface area (Å²) in [5.74, 6) is -0.995. The Hall–Kier alpha value is -1.63. The highest BCUT2D eigenvalue weighted by molar-refractivity contribution is 9.10. The maximum atomic E-state index is 13.8. The summed E-state index contributed by atoms with van der Waals surface area (Å²) in [5.41, 5.74) is 5.39. The Morgan fingerprint density at radius 1 is 1.55 bits per heavy atom. The van der Waals surface area contributed by atoms with Crippen LogP contribution in [0.1, 0.15) is 30.6 Å². The summed E-state index contributed by atoms with van der Waals surface area (Å²) in [6.45, 7) is 3.88. The zero-order valence-electron chi connectivity index (χ0n) is 11.3. The molecule has 3 N–H and O–H groups in total. The minimum atomic E-state index is -0.584. The van der Waals surface area contributed by atoms with Gasteiger partial charge in [-0.2, -0.15) is 0 Å². The molecule has 1 aromatic rings. The summed E-state index contributed by atoms with van der Waals surface area (Å²) < 4.78 is 14.2. The number of halogens is 2. The Morgan fingerprint density at radius 2 is 2.20 bits per heavy atom. The van der Waals surface area contributed by atoms with Gasteiger partial charge in [0, 0.05) is 23.5 Å². The normalized spacial score (nSPS) is 11.8. The molecule has 0 aliphatic carbocycles. The number of oxime groups is 1. The van der Waals surface area contributed by atoms with Gasteiger partial charge in [-0.25, -0.2) is 4.39 Å². The third-order valence-electron chi connectivity index (χ3n) is 2.80. The van der Waals surface area contributed by atoms with E-state index in [9.17, 15) is 9.18 Å². The number of nitrogens with two attached hydrogens (primary N) is 1. The Morgan fingerprint density at radius 3 is 2.70 bits per heavy atom. The van der Waals surface area contributed by atoms with Gasteiger partial charge in [0.15, 0.2) is 0 Å². The lowest BCUT2D eigenvalue weighted by atomic mass is 10.1. The molecule has 1 aromatic carbocycles. The minimum absolute atomic E-state index is 0.0132. The number of carbonyl (C=O) groups is 1. The quantitative estimate of drug-likeness (QED) is 0.372. The van der Waals surface area contributed by atoms with E-state index < -0.39 is 11.7 Å². The Kier molecular flexibility index (Phi) is 5.94. The fourth-order valence-corrected chi connectivity index (χ4v) is 2.24. The molecule has 0 fully saturated rings. The number of nitrogens with zero attached hydrogens (tertiary/aromatic N) is 2. The molecule has 1 rings (SSSR count). The van der Waals surface area contributed by atoms with Crippen molar-refractivity contribution < 1.29 is 14.4 Å². The highest BCUT2D eigenvalue weighted by Gasteiger charge is 2.23. The van der Waals surface area contributed by atoms with Crippen molar-refractivity contribution in [3.63, 3.8) is 0 Å². The van der Waals surface area contributed by atoms with Crippen molar-refractivity contribution >= 4 is 27.7 Å². The molecule has 0 heterocycles. The molecule has 0 radical (unpaired) electrons. The second-order valence-electron chi connectivity index (χ2n) is 4.53. The maximum Gasteiger partial charge on any atom is 0.258 e. The van der Waals surface area contributed by atoms with E-state index in [2.05, 4.69) is 21.1 Å². The van der Waals surface area contributed by atoms with Gasteiger partial charge < -0.3 is 15.8 Å². The first-order chi connectivity index (χ1) is 9.38. The van der Waals surface area contributed by atoms with Gasteiger partial charge in [-0.05, 0) is 41.9 Å². The van der Waals surface area contributed by atoms with Crippen molar-refractivity contribution in [3.05, 3.63) is 34.1 Å². The van der Waals surface area contributed by atoms with Gasteiger partial charge in [0.2, 0.25) is 0 Å². The van der Waals surface area contributed by atoms with Crippen molar-refractivity contribution in [1.29, 1.82) is 0 Å². The van der Waals surface area contributed by atoms with E-state index in [0.717, 1.165) is 0 Å². The summed E-state index contributed by atoms with van der Waals surface area (Å²) in [5, 5.41) is 11.4. The third kappa shape index (κ3) is 3.93. The fourth-order valence-electron chi connectivity index (χ4n) is 1.72. The van der Waals surface area contributed by atoms with Crippen LogP contribution < -0.4 is 5.73 Å². The lowest BCUT2D eigenvalue weighted by Gasteiger charge is -2.27. The molecule has 20 heavy (non-hydrogen) atoms. The average Bonchev–Trinajstić information content (AvgIpc) is 2.38. The van der Waals surface area contributed by atoms with Crippen LogP contribution in [0.2, 0.25) is 0 Å². The fraction of sp³-hybridized carbons (Fsp3) is 0.385. The van der Waals surface area contributed by atoms with Gasteiger partial charge in [0.25, 0.3) is 5.91 Å². The number of benzene rings is 1. The van der Waals surface area contributed by atoms with Crippen LogP contribution in [-0.4, -0.2) is 34.4 Å². The molecule has 0 saturated carbocycles. The van der Waals surface area contributed by atoms with E-state index >= 15 is 0 Å². The van der Waals surface area contributed by atoms with Gasteiger partial charge in [0.1, 0.15) is 11.7 Å². The van der Waals surface area contributed by atoms with Crippen LogP contribution in [0.5, 0.6) is 0 Å². The number of hydrogen-bond donors (Lipinski definition) is 2. The smallest absolute Gasteiger partial charge is 0.258 e. The van der Waals surface area contributed by atoms with Crippen molar-refractivity contribution in [2.24, 2.45) is 10.9 Å². The SMILES string of the molecule is CC(C)N(CC/C(N)=N/O)C(=O)c1c(F)cccc1Br. The molecule has 0 spiro atoms. The molecule has 0 aliphatic heterocycles. The first-order valence-corrected chi connectivity index (χ1v) is 6.89. The summed E-state index contributed by atoms with van der Waals surface area (Å²) >= 11 is 3.18. The molecule has 0 aromatic heterocycles. The first-order valence-electron chi connectivity index (χ1n) is 6.09. The van der Waals surface area contributed by atoms with Crippen LogP contribution in [0.15, 0.2) is 27.8 Å². The molecule has 1 amide bonds. The van der Waals surface area contributed by atoms with Crippen LogP contribution >= 0.6 is 15.9 Å².